The van der Waals surface area contributed by atoms with Crippen LogP contribution in [0.2, 0.25) is 0 Å². The third-order valence-corrected chi connectivity index (χ3v) is 3.56. The third-order valence-electron chi connectivity index (χ3n) is 2.67. The Morgan fingerprint density at radius 2 is 2.30 bits per heavy atom. The average Bonchev–Trinajstić information content (AvgIpc) is 2.97. The Morgan fingerprint density at radius 1 is 1.45 bits per heavy atom. The van der Waals surface area contributed by atoms with Crippen LogP contribution in [0.15, 0.2) is 17.1 Å². The molecule has 8 nitrogen and oxygen atoms in total. The zero-order valence-electron chi connectivity index (χ0n) is 10.7. The van der Waals surface area contributed by atoms with E-state index in [2.05, 4.69) is 20.4 Å². The van der Waals surface area contributed by atoms with Gasteiger partial charge in [0.1, 0.15) is 5.01 Å². The Bertz CT molecular complexity index is 805. The fourth-order valence-electron chi connectivity index (χ4n) is 1.81. The van der Waals surface area contributed by atoms with Gasteiger partial charge in [-0.3, -0.25) is 4.79 Å². The number of aliphatic hydroxyl groups is 1. The number of aliphatic hydroxyl groups excluding tert-OH is 1. The van der Waals surface area contributed by atoms with Crippen LogP contribution in [0.1, 0.15) is 16.4 Å². The molecule has 1 N–H and O–H groups in total. The van der Waals surface area contributed by atoms with E-state index in [9.17, 15) is 4.79 Å². The molecule has 0 spiro atoms. The summed E-state index contributed by atoms with van der Waals surface area (Å²) in [5.41, 5.74) is 1.21. The highest BCUT2D eigenvalue weighted by molar-refractivity contribution is 7.16. The highest BCUT2D eigenvalue weighted by Crippen LogP contribution is 2.12. The SMILES string of the molecule is Cc1cc(=O)n2nc(Cn3cc(CCO)nn3)sc2n1. The monoisotopic (exact) mass is 292 g/mol. The maximum Gasteiger partial charge on any atom is 0.275 e. The summed E-state index contributed by atoms with van der Waals surface area (Å²) in [4.78, 5) is 16.6. The molecule has 20 heavy (non-hydrogen) atoms. The Hall–Kier alpha value is -2.13. The van der Waals surface area contributed by atoms with E-state index in [1.807, 2.05) is 0 Å². The number of hydrogen-bond donors (Lipinski definition) is 1. The molecule has 0 aromatic carbocycles. The molecule has 3 aromatic heterocycles. The molecule has 3 aromatic rings. The van der Waals surface area contributed by atoms with Gasteiger partial charge in [-0.2, -0.15) is 9.61 Å². The maximum absolute atomic E-state index is 11.8. The highest BCUT2D eigenvalue weighted by atomic mass is 32.1. The van der Waals surface area contributed by atoms with Crippen molar-refractivity contribution in [2.75, 3.05) is 6.61 Å². The van der Waals surface area contributed by atoms with Crippen LogP contribution in [-0.4, -0.2) is 41.3 Å². The first kappa shape index (κ1) is 12.9. The highest BCUT2D eigenvalue weighted by Gasteiger charge is 2.09. The van der Waals surface area contributed by atoms with Gasteiger partial charge in [0.25, 0.3) is 5.56 Å². The number of aryl methyl sites for hydroxylation is 1. The van der Waals surface area contributed by atoms with Gasteiger partial charge >= 0.3 is 0 Å². The molecule has 0 saturated heterocycles. The number of aromatic nitrogens is 6. The average molecular weight is 292 g/mol. The second kappa shape index (κ2) is 5.10. The zero-order valence-corrected chi connectivity index (χ0v) is 11.5. The van der Waals surface area contributed by atoms with Crippen LogP contribution >= 0.6 is 11.3 Å². The Morgan fingerprint density at radius 3 is 3.10 bits per heavy atom. The first-order chi connectivity index (χ1) is 9.65. The molecule has 0 amide bonds. The van der Waals surface area contributed by atoms with E-state index in [0.29, 0.717) is 23.6 Å². The van der Waals surface area contributed by atoms with Crippen molar-refractivity contribution in [2.24, 2.45) is 0 Å². The largest absolute Gasteiger partial charge is 0.396 e. The summed E-state index contributed by atoms with van der Waals surface area (Å²) in [6.45, 7) is 2.24. The lowest BCUT2D eigenvalue weighted by Gasteiger charge is -1.93. The molecule has 3 heterocycles. The molecule has 0 radical (unpaired) electrons. The van der Waals surface area contributed by atoms with Gasteiger partial charge in [0.2, 0.25) is 4.96 Å². The van der Waals surface area contributed by atoms with Gasteiger partial charge in [-0.05, 0) is 6.92 Å². The van der Waals surface area contributed by atoms with Gasteiger partial charge in [-0.15, -0.1) is 5.10 Å². The summed E-state index contributed by atoms with van der Waals surface area (Å²) in [6.07, 6.45) is 2.23. The summed E-state index contributed by atoms with van der Waals surface area (Å²) in [6, 6.07) is 1.45. The fourth-order valence-corrected chi connectivity index (χ4v) is 2.74. The van der Waals surface area contributed by atoms with Crippen molar-refractivity contribution in [1.82, 2.24) is 29.6 Å². The van der Waals surface area contributed by atoms with E-state index in [4.69, 9.17) is 5.11 Å². The van der Waals surface area contributed by atoms with E-state index >= 15 is 0 Å². The molecule has 0 bridgehead atoms. The van der Waals surface area contributed by atoms with Crippen molar-refractivity contribution >= 4 is 16.3 Å². The molecule has 0 aliphatic rings. The van der Waals surface area contributed by atoms with Crippen molar-refractivity contribution in [1.29, 1.82) is 0 Å². The Labute approximate surface area is 117 Å². The lowest BCUT2D eigenvalue weighted by Crippen LogP contribution is -2.14. The minimum atomic E-state index is -0.186. The van der Waals surface area contributed by atoms with Gasteiger partial charge < -0.3 is 5.11 Å². The molecule has 3 rings (SSSR count). The zero-order chi connectivity index (χ0) is 14.1. The predicted octanol–water partition coefficient (Wildman–Crippen LogP) is -0.366. The molecule has 0 unspecified atom stereocenters. The van der Waals surface area contributed by atoms with Crippen LogP contribution in [0.4, 0.5) is 0 Å². The standard InChI is InChI=1S/C11H12N6O2S/c1-7-4-10(19)17-11(12-7)20-9(14-17)6-16-5-8(2-3-18)13-15-16/h4-5,18H,2-3,6H2,1H3. The normalized spacial score (nSPS) is 11.3. The molecule has 0 aliphatic heterocycles. The number of nitrogens with zero attached hydrogens (tertiary/aromatic N) is 6. The Kier molecular flexibility index (Phi) is 3.28. The second-order valence-electron chi connectivity index (χ2n) is 4.31. The lowest BCUT2D eigenvalue weighted by molar-refractivity contribution is 0.298. The molecular weight excluding hydrogens is 280 g/mol. The van der Waals surface area contributed by atoms with Crippen LogP contribution in [0.3, 0.4) is 0 Å². The van der Waals surface area contributed by atoms with Crippen molar-refractivity contribution in [3.63, 3.8) is 0 Å². The first-order valence-corrected chi connectivity index (χ1v) is 6.83. The minimum absolute atomic E-state index is 0.0401. The number of rotatable bonds is 4. The molecule has 0 atom stereocenters. The van der Waals surface area contributed by atoms with E-state index in [0.717, 1.165) is 10.7 Å². The van der Waals surface area contributed by atoms with Crippen molar-refractivity contribution < 1.29 is 5.11 Å². The maximum atomic E-state index is 11.8. The quantitative estimate of drug-likeness (QED) is 0.705. The third kappa shape index (κ3) is 2.45. The summed E-state index contributed by atoms with van der Waals surface area (Å²) in [7, 11) is 0. The topological polar surface area (TPSA) is 98.2 Å². The predicted molar refractivity (Wildman–Crippen MR) is 71.8 cm³/mol. The van der Waals surface area contributed by atoms with E-state index in [-0.39, 0.29) is 12.2 Å². The van der Waals surface area contributed by atoms with Crippen molar-refractivity contribution in [3.05, 3.63) is 39.0 Å². The van der Waals surface area contributed by atoms with Crippen LogP contribution in [0, 0.1) is 6.92 Å². The van der Waals surface area contributed by atoms with Gasteiger partial charge in [0.05, 0.1) is 12.2 Å². The molecule has 104 valence electrons. The van der Waals surface area contributed by atoms with E-state index < -0.39 is 0 Å². The van der Waals surface area contributed by atoms with Gasteiger partial charge in [0.15, 0.2) is 0 Å². The molecule has 9 heteroatoms. The van der Waals surface area contributed by atoms with Gasteiger partial charge in [-0.25, -0.2) is 9.67 Å². The minimum Gasteiger partial charge on any atom is -0.396 e. The van der Waals surface area contributed by atoms with Crippen LogP contribution in [-0.2, 0) is 13.0 Å². The molecule has 0 aliphatic carbocycles. The van der Waals surface area contributed by atoms with E-state index in [1.54, 1.807) is 17.8 Å². The number of fused-ring (bicyclic) bond motifs is 1. The van der Waals surface area contributed by atoms with E-state index in [1.165, 1.54) is 21.9 Å². The molecule has 0 saturated carbocycles. The lowest BCUT2D eigenvalue weighted by atomic mass is 10.3. The van der Waals surface area contributed by atoms with Crippen LogP contribution in [0.5, 0.6) is 0 Å². The molecule has 0 fully saturated rings. The van der Waals surface area contributed by atoms with Gasteiger partial charge in [-0.1, -0.05) is 16.6 Å². The summed E-state index contributed by atoms with van der Waals surface area (Å²) in [5.74, 6) is 0. The summed E-state index contributed by atoms with van der Waals surface area (Å²) < 4.78 is 2.92. The summed E-state index contributed by atoms with van der Waals surface area (Å²) in [5, 5.41) is 21.7. The molecular formula is C11H12N6O2S. The Balaban J connectivity index is 1.90. The van der Waals surface area contributed by atoms with Crippen LogP contribution < -0.4 is 5.56 Å². The fraction of sp³-hybridized carbons (Fsp3) is 0.364. The smallest absolute Gasteiger partial charge is 0.275 e. The first-order valence-electron chi connectivity index (χ1n) is 6.02. The summed E-state index contributed by atoms with van der Waals surface area (Å²) >= 11 is 1.35. The second-order valence-corrected chi connectivity index (χ2v) is 5.35. The van der Waals surface area contributed by atoms with Crippen LogP contribution in [0.25, 0.3) is 4.96 Å². The van der Waals surface area contributed by atoms with Gasteiger partial charge in [0, 0.05) is 31.0 Å². The number of hydrogen-bond acceptors (Lipinski definition) is 7. The van der Waals surface area contributed by atoms with Crippen molar-refractivity contribution in [3.8, 4) is 0 Å². The van der Waals surface area contributed by atoms with Crippen molar-refractivity contribution in [2.45, 2.75) is 19.9 Å².